The van der Waals surface area contributed by atoms with E-state index in [1.165, 1.54) is 66.8 Å². The zero-order chi connectivity index (χ0) is 92.2. The van der Waals surface area contributed by atoms with E-state index in [4.69, 9.17) is 14.2 Å². The van der Waals surface area contributed by atoms with Crippen molar-refractivity contribution < 1.29 is 125 Å². The molecule has 8 bridgehead atoms. The first-order valence-electron chi connectivity index (χ1n) is 41.2. The first-order chi connectivity index (χ1) is 58.7. The molecular formula is C92H102F12O16S6. The number of benzene rings is 8. The van der Waals surface area contributed by atoms with Gasteiger partial charge in [0, 0.05) is 28.8 Å². The van der Waals surface area contributed by atoms with Crippen molar-refractivity contribution in [2.45, 2.75) is 230 Å². The van der Waals surface area contributed by atoms with Crippen molar-refractivity contribution in [1.82, 2.24) is 0 Å². The maximum absolute atomic E-state index is 13.9. The van der Waals surface area contributed by atoms with Gasteiger partial charge in [0.15, 0.2) is 70.7 Å². The summed E-state index contributed by atoms with van der Waals surface area (Å²) in [4.78, 5) is 32.9. The number of halogens is 12. The van der Waals surface area contributed by atoms with Gasteiger partial charge in [-0.3, -0.25) is 9.59 Å². The van der Waals surface area contributed by atoms with Crippen LogP contribution >= 0.6 is 0 Å². The molecule has 3 unspecified atom stereocenters. The van der Waals surface area contributed by atoms with Crippen molar-refractivity contribution in [2.24, 2.45) is 46.3 Å². The van der Waals surface area contributed by atoms with E-state index < -0.39 is 116 Å². The van der Waals surface area contributed by atoms with Gasteiger partial charge in [-0.2, -0.15) is 52.7 Å². The quantitative estimate of drug-likeness (QED) is 0.0190. The van der Waals surface area contributed by atoms with Crippen LogP contribution in [0.5, 0.6) is 11.5 Å². The molecule has 0 amide bonds. The van der Waals surface area contributed by atoms with Gasteiger partial charge in [-0.25, -0.2) is 25.3 Å². The van der Waals surface area contributed by atoms with Crippen LogP contribution in [0, 0.1) is 46.3 Å². The maximum atomic E-state index is 13.9. The average Bonchev–Trinajstić information content (AvgIpc) is 1.06. The average molecular weight is 1880 g/mol. The molecule has 9 aliphatic rings. The number of hydrogen-bond acceptors (Lipinski definition) is 16. The van der Waals surface area contributed by atoms with Crippen molar-refractivity contribution in [2.75, 3.05) is 31.8 Å². The number of hydrogen-bond donors (Lipinski definition) is 0. The number of esters is 2. The second kappa shape index (κ2) is 39.3. The maximum Gasteiger partial charge on any atom is 0.432 e. The third-order valence-electron chi connectivity index (χ3n) is 24.0. The zero-order valence-electron chi connectivity index (χ0n) is 70.5. The van der Waals surface area contributed by atoms with Gasteiger partial charge in [0.2, 0.25) is 0 Å². The van der Waals surface area contributed by atoms with Crippen molar-refractivity contribution in [1.29, 1.82) is 0 Å². The van der Waals surface area contributed by atoms with Gasteiger partial charge >= 0.3 is 40.1 Å². The van der Waals surface area contributed by atoms with Crippen LogP contribution < -0.4 is 9.47 Å². The Hall–Kier alpha value is -7.54. The van der Waals surface area contributed by atoms with Crippen molar-refractivity contribution in [3.63, 3.8) is 0 Å². The molecule has 1 aliphatic heterocycles. The second-order valence-electron chi connectivity index (χ2n) is 35.5. The summed E-state index contributed by atoms with van der Waals surface area (Å²) in [6, 6.07) is 66.1. The number of ether oxygens (including phenoxy) is 5. The van der Waals surface area contributed by atoms with E-state index in [-0.39, 0.29) is 58.7 Å². The molecule has 1 heterocycles. The van der Waals surface area contributed by atoms with E-state index in [0.29, 0.717) is 66.0 Å². The Morgan fingerprint density at radius 2 is 0.730 bits per heavy atom. The Balaban J connectivity index is 0.000000158. The molecule has 8 saturated carbocycles. The second-order valence-corrected chi connectivity index (χ2v) is 46.1. The van der Waals surface area contributed by atoms with Crippen molar-refractivity contribution >= 4 is 85.8 Å². The van der Waals surface area contributed by atoms with Gasteiger partial charge in [0.25, 0.3) is 12.2 Å². The monoisotopic (exact) mass is 1880 g/mol. The molecule has 8 aromatic rings. The van der Waals surface area contributed by atoms with Gasteiger partial charge in [-0.1, -0.05) is 139 Å². The summed E-state index contributed by atoms with van der Waals surface area (Å²) in [5, 5.41) is -13.5. The minimum atomic E-state index is -6.67. The van der Waals surface area contributed by atoms with Gasteiger partial charge in [0.05, 0.1) is 39.2 Å². The topological polar surface area (TPSA) is 252 Å². The van der Waals surface area contributed by atoms with Crippen LogP contribution in [0.1, 0.15) is 149 Å². The zero-order valence-corrected chi connectivity index (χ0v) is 75.4. The van der Waals surface area contributed by atoms with E-state index in [0.717, 1.165) is 84.2 Å². The normalized spacial score (nSPS) is 22.6. The molecule has 8 aliphatic carbocycles. The molecule has 0 N–H and O–H groups in total. The Kier molecular flexibility index (Phi) is 30.9. The van der Waals surface area contributed by atoms with E-state index in [2.05, 4.69) is 178 Å². The Morgan fingerprint density at radius 3 is 1.06 bits per heavy atom. The molecule has 8 aromatic carbocycles. The molecule has 16 nitrogen and oxygen atoms in total. The number of carbonyl (C=O) groups is 2. The third-order valence-corrected chi connectivity index (χ3v) is 33.8. The molecule has 0 spiro atoms. The summed E-state index contributed by atoms with van der Waals surface area (Å²) in [6.45, 7) is 14.5. The summed E-state index contributed by atoms with van der Waals surface area (Å²) in [7, 11) is -17.8. The fraction of sp³-hybridized carbons (Fsp3) is 0.478. The van der Waals surface area contributed by atoms with Crippen molar-refractivity contribution in [3.8, 4) is 11.5 Å². The van der Waals surface area contributed by atoms with Gasteiger partial charge in [-0.05, 0) is 257 Å². The minimum absolute atomic E-state index is 0.0146. The fourth-order valence-electron chi connectivity index (χ4n) is 18.6. The molecule has 0 aromatic heterocycles. The van der Waals surface area contributed by atoms with Crippen LogP contribution in [0.25, 0.3) is 10.8 Å². The molecule has 686 valence electrons. The highest BCUT2D eigenvalue weighted by Gasteiger charge is 2.66. The lowest BCUT2D eigenvalue weighted by Crippen LogP contribution is -2.56. The molecule has 1 saturated heterocycles. The Morgan fingerprint density at radius 1 is 0.413 bits per heavy atom. The highest BCUT2D eigenvalue weighted by molar-refractivity contribution is 7.97. The van der Waals surface area contributed by atoms with E-state index in [9.17, 15) is 101 Å². The SMILES string of the molecule is CC(C)(C)c1ccc([S+](c2ccc(OC(C(F)(F)F)C(F)(F)S(=O)(=O)[O-])cc2)c2ccc(C(C)(C)C)cc2)cc1.CC(OC(=O)C12CC3CC(CC(C3)C1)C2)C(F)(F)S(=O)(=O)[O-].COCCOc1ccc([S+]2CCCC2)c2ccccc12.O=C(OC(C(F)(F)F)C(F)(F)S(=O)(=O)[O-])C12CC3CC(CC(C3)C1)C2.c1ccc([S+](c2ccccc2)c2ccccc2)cc1. The Labute approximate surface area is 736 Å². The van der Waals surface area contributed by atoms with Crippen molar-refractivity contribution in [3.05, 3.63) is 211 Å². The minimum Gasteiger partial charge on any atom is -0.743 e. The summed E-state index contributed by atoms with van der Waals surface area (Å²) in [5.41, 5.74) is 0.00323. The van der Waals surface area contributed by atoms with Gasteiger partial charge < -0.3 is 37.3 Å². The largest absolute Gasteiger partial charge is 0.743 e. The summed E-state index contributed by atoms with van der Waals surface area (Å²) >= 11 is 0. The highest BCUT2D eigenvalue weighted by atomic mass is 32.2. The lowest BCUT2D eigenvalue weighted by Gasteiger charge is -2.55. The fourth-order valence-corrected chi connectivity index (χ4v) is 26.6. The van der Waals surface area contributed by atoms with Crippen LogP contribution in [0.4, 0.5) is 52.7 Å². The van der Waals surface area contributed by atoms with Gasteiger partial charge in [0.1, 0.15) is 29.6 Å². The molecule has 126 heavy (non-hydrogen) atoms. The van der Waals surface area contributed by atoms with Crippen LogP contribution in [0.3, 0.4) is 0 Å². The van der Waals surface area contributed by atoms with Crippen LogP contribution in [0.15, 0.2) is 234 Å². The molecule has 3 atom stereocenters. The number of methoxy groups -OCH3 is 1. The molecular weight excluding hydrogens is 1780 g/mol. The summed E-state index contributed by atoms with van der Waals surface area (Å²) in [5.74, 6) is 2.47. The standard InChI is InChI=1S/C29H31F5O4S2.C18H15S.C17H21O2S.C14H17F5O5S.C14H20F2O5S/c1-26(2,3)19-7-13-22(14-8-19)39(23-15-9-20(10-16-23)27(4,5)6)24-17-11-21(12-18-24)38-25(28(30,31)32)29(33,34)40(35,36)37;1-4-10-16(11-5-1)19(17-12-6-2-7-13-17)18-14-8-3-9-15-18;1-18-10-11-19-16-8-9-17(20-12-4-5-13-20)15-7-3-2-6-14(15)16;15-13(16,17)10(14(18,19)25(21,22)23)24-11(20)12-4-7-1-8(5-12)3-9(2-7)6-12;1-8(14(15,16)22(18,19)20)21-12(17)13-5-9-2-10(6-13)4-11(3-9)7-13/h7-18,25H,1-6H3;1-15H;2-3,6-9H,4-5,10-13H2,1H3;7-10H,1-6H2,(H,21,22,23);8-11H,2-7H2,1H3,(H,18,19,20)/q;2*+1;;/p-2. The van der Waals surface area contributed by atoms with E-state index >= 15 is 0 Å². The van der Waals surface area contributed by atoms with Gasteiger partial charge in [-0.15, -0.1) is 0 Å². The molecule has 17 rings (SSSR count). The van der Waals surface area contributed by atoms with Crippen LogP contribution in [-0.2, 0) is 97.7 Å². The number of carbonyl (C=O) groups excluding carboxylic acids is 2. The smallest absolute Gasteiger partial charge is 0.432 e. The molecule has 9 fully saturated rings. The lowest BCUT2D eigenvalue weighted by molar-refractivity contribution is -0.266. The third kappa shape index (κ3) is 23.4. The predicted octanol–water partition coefficient (Wildman–Crippen LogP) is 21.3. The predicted molar refractivity (Wildman–Crippen MR) is 453 cm³/mol. The first kappa shape index (κ1) is 99.0. The first-order valence-corrected chi connectivity index (χ1v) is 49.5. The summed E-state index contributed by atoms with van der Waals surface area (Å²) < 4.78 is 281. The van der Waals surface area contributed by atoms with Crippen LogP contribution in [0.2, 0.25) is 0 Å². The van der Waals surface area contributed by atoms with E-state index in [1.54, 1.807) is 7.11 Å². The molecule has 0 radical (unpaired) electrons. The lowest BCUT2D eigenvalue weighted by atomic mass is 9.49. The van der Waals surface area contributed by atoms with Crippen LogP contribution in [-0.4, -0.2) is 129 Å². The summed E-state index contributed by atoms with van der Waals surface area (Å²) in [6.07, 6.45) is -11.3. The molecule has 34 heteroatoms. The Bertz CT molecular complexity index is 5150. The van der Waals surface area contributed by atoms with E-state index in [1.807, 2.05) is 48.5 Å². The number of fused-ring (bicyclic) bond motifs is 1. The number of alkyl halides is 12. The highest BCUT2D eigenvalue weighted by Crippen LogP contribution is 2.63. The number of rotatable bonds is 23.